The zero-order valence-electron chi connectivity index (χ0n) is 12.9. The molecule has 3 rings (SSSR count). The van der Waals surface area contributed by atoms with Gasteiger partial charge in [-0.2, -0.15) is 0 Å². The van der Waals surface area contributed by atoms with Crippen LogP contribution in [0.2, 0.25) is 0 Å². The lowest BCUT2D eigenvalue weighted by atomic mass is 10.00. The van der Waals surface area contributed by atoms with Crippen LogP contribution < -0.4 is 10.2 Å². The van der Waals surface area contributed by atoms with Crippen LogP contribution >= 0.6 is 0 Å². The van der Waals surface area contributed by atoms with Crippen molar-refractivity contribution in [1.82, 2.24) is 0 Å². The maximum atomic E-state index is 13.5. The van der Waals surface area contributed by atoms with Crippen LogP contribution in [0.4, 0.5) is 10.1 Å². The Morgan fingerprint density at radius 2 is 1.83 bits per heavy atom. The maximum Gasteiger partial charge on any atom is 0.279 e. The summed E-state index contributed by atoms with van der Waals surface area (Å²) in [5.74, 6) is -0.553. The van der Waals surface area contributed by atoms with E-state index in [0.717, 1.165) is 19.5 Å². The lowest BCUT2D eigenvalue weighted by molar-refractivity contribution is -0.886. The fourth-order valence-corrected chi connectivity index (χ4v) is 2.84. The second-order valence-corrected chi connectivity index (χ2v) is 5.75. The molecule has 118 valence electrons. The molecular formula is C19H20FN2O+. The number of benzene rings is 2. The van der Waals surface area contributed by atoms with E-state index in [1.165, 1.54) is 22.1 Å². The first kappa shape index (κ1) is 15.4. The maximum absolute atomic E-state index is 13.5. The third-order valence-electron chi connectivity index (χ3n) is 4.09. The Kier molecular flexibility index (Phi) is 4.83. The van der Waals surface area contributed by atoms with E-state index in [4.69, 9.17) is 0 Å². The zero-order chi connectivity index (χ0) is 16.1. The molecule has 3 nitrogen and oxygen atoms in total. The number of carbonyl (C=O) groups is 1. The smallest absolute Gasteiger partial charge is 0.279 e. The number of para-hydroxylation sites is 1. The van der Waals surface area contributed by atoms with Gasteiger partial charge in [-0.05, 0) is 29.3 Å². The van der Waals surface area contributed by atoms with Gasteiger partial charge in [0.25, 0.3) is 5.91 Å². The third kappa shape index (κ3) is 4.05. The summed E-state index contributed by atoms with van der Waals surface area (Å²) >= 11 is 0. The summed E-state index contributed by atoms with van der Waals surface area (Å²) in [4.78, 5) is 13.3. The molecule has 0 aromatic heterocycles. The molecule has 1 unspecified atom stereocenters. The van der Waals surface area contributed by atoms with Crippen molar-refractivity contribution < 1.29 is 14.1 Å². The minimum atomic E-state index is -0.402. The van der Waals surface area contributed by atoms with Gasteiger partial charge < -0.3 is 10.2 Å². The number of hydrogen-bond acceptors (Lipinski definition) is 1. The molecule has 1 aliphatic rings. The first-order chi connectivity index (χ1) is 11.2. The Hall–Kier alpha value is -2.46. The minimum absolute atomic E-state index is 0.151. The van der Waals surface area contributed by atoms with E-state index in [1.54, 1.807) is 18.2 Å². The van der Waals surface area contributed by atoms with E-state index < -0.39 is 5.82 Å². The van der Waals surface area contributed by atoms with Crippen LogP contribution in [0.1, 0.15) is 12.0 Å². The van der Waals surface area contributed by atoms with Gasteiger partial charge in [-0.25, -0.2) is 4.39 Å². The van der Waals surface area contributed by atoms with Gasteiger partial charge in [-0.1, -0.05) is 42.5 Å². The first-order valence-corrected chi connectivity index (χ1v) is 7.85. The van der Waals surface area contributed by atoms with Crippen LogP contribution in [-0.2, 0) is 4.79 Å². The first-order valence-electron chi connectivity index (χ1n) is 7.85. The van der Waals surface area contributed by atoms with Crippen LogP contribution in [0.5, 0.6) is 0 Å². The predicted octanol–water partition coefficient (Wildman–Crippen LogP) is 2.14. The fourth-order valence-electron chi connectivity index (χ4n) is 2.84. The number of carbonyl (C=O) groups excluding carboxylic acids is 1. The van der Waals surface area contributed by atoms with Gasteiger partial charge in [0.1, 0.15) is 5.82 Å². The summed E-state index contributed by atoms with van der Waals surface area (Å²) in [6, 6.07) is 16.6. The van der Waals surface area contributed by atoms with Gasteiger partial charge in [0, 0.05) is 6.42 Å². The van der Waals surface area contributed by atoms with Gasteiger partial charge in [-0.15, -0.1) is 0 Å². The Morgan fingerprint density at radius 1 is 1.09 bits per heavy atom. The number of halogens is 1. The Bertz CT molecular complexity index is 712. The molecule has 2 aromatic rings. The van der Waals surface area contributed by atoms with Crippen LogP contribution in [0.15, 0.2) is 60.7 Å². The summed E-state index contributed by atoms with van der Waals surface area (Å²) in [5, 5.41) is 2.64. The van der Waals surface area contributed by atoms with Crippen molar-refractivity contribution in [3.8, 4) is 0 Å². The minimum Gasteiger partial charge on any atom is -0.324 e. The lowest BCUT2D eigenvalue weighted by Gasteiger charge is -2.23. The van der Waals surface area contributed by atoms with Crippen LogP contribution in [0, 0.1) is 5.82 Å². The monoisotopic (exact) mass is 311 g/mol. The molecule has 1 atom stereocenters. The normalized spacial score (nSPS) is 17.4. The molecule has 2 N–H and O–H groups in total. The highest BCUT2D eigenvalue weighted by Crippen LogP contribution is 2.17. The van der Waals surface area contributed by atoms with Crippen molar-refractivity contribution in [1.29, 1.82) is 0 Å². The number of rotatable bonds is 4. The lowest BCUT2D eigenvalue weighted by Crippen LogP contribution is -3.13. The average molecular weight is 311 g/mol. The van der Waals surface area contributed by atoms with Gasteiger partial charge >= 0.3 is 0 Å². The number of amides is 1. The molecule has 1 heterocycles. The largest absolute Gasteiger partial charge is 0.324 e. The van der Waals surface area contributed by atoms with Gasteiger partial charge in [0.05, 0.1) is 18.8 Å². The number of anilines is 1. The SMILES string of the molecule is O=C(C[NH+]1CC=C(c2ccccc2)CC1)Nc1ccccc1F. The number of hydrogen-bond donors (Lipinski definition) is 2. The van der Waals surface area contributed by atoms with Crippen molar-refractivity contribution in [2.75, 3.05) is 25.0 Å². The molecule has 0 aliphatic carbocycles. The van der Waals surface area contributed by atoms with E-state index >= 15 is 0 Å². The quantitative estimate of drug-likeness (QED) is 0.891. The molecule has 4 heteroatoms. The van der Waals surface area contributed by atoms with E-state index in [-0.39, 0.29) is 11.6 Å². The summed E-state index contributed by atoms with van der Waals surface area (Å²) in [6.45, 7) is 2.08. The highest BCUT2D eigenvalue weighted by atomic mass is 19.1. The number of quaternary nitrogens is 1. The van der Waals surface area contributed by atoms with E-state index in [9.17, 15) is 9.18 Å². The summed E-state index contributed by atoms with van der Waals surface area (Å²) in [6.07, 6.45) is 3.15. The van der Waals surface area contributed by atoms with Crippen LogP contribution in [-0.4, -0.2) is 25.5 Å². The topological polar surface area (TPSA) is 33.5 Å². The molecule has 0 fully saturated rings. The fraction of sp³-hybridized carbons (Fsp3) is 0.211. The summed E-state index contributed by atoms with van der Waals surface area (Å²) in [5.41, 5.74) is 2.83. The van der Waals surface area contributed by atoms with Crippen molar-refractivity contribution in [3.63, 3.8) is 0 Å². The van der Waals surface area contributed by atoms with Crippen molar-refractivity contribution in [2.45, 2.75) is 6.42 Å². The molecule has 0 bridgehead atoms. The third-order valence-corrected chi connectivity index (χ3v) is 4.09. The standard InChI is InChI=1S/C19H19FN2O/c20-17-8-4-5-9-18(17)21-19(23)14-22-12-10-16(11-13-22)15-6-2-1-3-7-15/h1-10H,11-14H2,(H,21,23)/p+1. The Labute approximate surface area is 135 Å². The van der Waals surface area contributed by atoms with Gasteiger partial charge in [0.2, 0.25) is 0 Å². The number of nitrogens with one attached hydrogen (secondary N) is 2. The van der Waals surface area contributed by atoms with E-state index in [2.05, 4.69) is 23.5 Å². The highest BCUT2D eigenvalue weighted by Gasteiger charge is 2.19. The van der Waals surface area contributed by atoms with Gasteiger partial charge in [-0.3, -0.25) is 4.79 Å². The second kappa shape index (κ2) is 7.20. The predicted molar refractivity (Wildman–Crippen MR) is 89.6 cm³/mol. The highest BCUT2D eigenvalue weighted by molar-refractivity contribution is 5.91. The Morgan fingerprint density at radius 3 is 2.52 bits per heavy atom. The molecular weight excluding hydrogens is 291 g/mol. The molecule has 0 saturated heterocycles. The molecule has 0 radical (unpaired) electrons. The molecule has 2 aromatic carbocycles. The van der Waals surface area contributed by atoms with Gasteiger partial charge in [0.15, 0.2) is 6.54 Å². The molecule has 1 amide bonds. The zero-order valence-corrected chi connectivity index (χ0v) is 12.9. The van der Waals surface area contributed by atoms with Crippen molar-refractivity contribution in [3.05, 3.63) is 72.1 Å². The average Bonchev–Trinajstić information content (AvgIpc) is 2.58. The van der Waals surface area contributed by atoms with Crippen LogP contribution in [0.3, 0.4) is 0 Å². The molecule has 0 saturated carbocycles. The van der Waals surface area contributed by atoms with E-state index in [1.807, 2.05) is 18.2 Å². The summed E-state index contributed by atoms with van der Waals surface area (Å²) < 4.78 is 13.5. The summed E-state index contributed by atoms with van der Waals surface area (Å²) in [7, 11) is 0. The second-order valence-electron chi connectivity index (χ2n) is 5.75. The molecule has 0 spiro atoms. The molecule has 1 aliphatic heterocycles. The van der Waals surface area contributed by atoms with E-state index in [0.29, 0.717) is 6.54 Å². The molecule has 23 heavy (non-hydrogen) atoms. The van der Waals surface area contributed by atoms with Crippen molar-refractivity contribution in [2.24, 2.45) is 0 Å². The van der Waals surface area contributed by atoms with Crippen LogP contribution in [0.25, 0.3) is 5.57 Å². The Balaban J connectivity index is 1.55. The van der Waals surface area contributed by atoms with Crippen molar-refractivity contribution >= 4 is 17.2 Å².